The molecule has 0 aromatic heterocycles. The van der Waals surface area contributed by atoms with Crippen LogP contribution >= 0.6 is 0 Å². The van der Waals surface area contributed by atoms with Crippen LogP contribution in [-0.4, -0.2) is 36.5 Å². The summed E-state index contributed by atoms with van der Waals surface area (Å²) in [6.45, 7) is 9.45. The van der Waals surface area contributed by atoms with Crippen molar-refractivity contribution in [3.8, 4) is 0 Å². The zero-order valence-electron chi connectivity index (χ0n) is 10.0. The van der Waals surface area contributed by atoms with Crippen molar-refractivity contribution < 1.29 is 4.79 Å². The van der Waals surface area contributed by atoms with Gasteiger partial charge >= 0.3 is 0 Å². The van der Waals surface area contributed by atoms with E-state index < -0.39 is 0 Å². The number of nitrogens with one attached hydrogen (secondary N) is 1. The zero-order chi connectivity index (χ0) is 11.1. The molecule has 1 heterocycles. The van der Waals surface area contributed by atoms with Crippen molar-refractivity contribution in [1.82, 2.24) is 10.2 Å². The van der Waals surface area contributed by atoms with Crippen molar-refractivity contribution in [3.05, 3.63) is 0 Å². The quantitative estimate of drug-likeness (QED) is 0.757. The van der Waals surface area contributed by atoms with E-state index in [-0.39, 0.29) is 6.04 Å². The predicted molar refractivity (Wildman–Crippen MR) is 60.5 cm³/mol. The van der Waals surface area contributed by atoms with E-state index in [1.54, 1.807) is 0 Å². The molecule has 1 aliphatic heterocycles. The molecular weight excluding hydrogens is 188 g/mol. The molecule has 0 aromatic rings. The van der Waals surface area contributed by atoms with E-state index in [1.807, 2.05) is 4.90 Å². The molecule has 2 rings (SSSR count). The summed E-state index contributed by atoms with van der Waals surface area (Å²) in [5.74, 6) is 1.06. The number of nitrogens with zero attached hydrogens (tertiary/aromatic N) is 1. The van der Waals surface area contributed by atoms with E-state index >= 15 is 0 Å². The Morgan fingerprint density at radius 3 is 2.73 bits per heavy atom. The maximum absolute atomic E-state index is 11.9. The van der Waals surface area contributed by atoms with Gasteiger partial charge in [0.25, 0.3) is 0 Å². The van der Waals surface area contributed by atoms with E-state index in [0.29, 0.717) is 11.3 Å². The molecule has 1 saturated carbocycles. The molecule has 2 atom stereocenters. The van der Waals surface area contributed by atoms with E-state index in [4.69, 9.17) is 0 Å². The molecule has 15 heavy (non-hydrogen) atoms. The van der Waals surface area contributed by atoms with Gasteiger partial charge in [0.15, 0.2) is 0 Å². The lowest BCUT2D eigenvalue weighted by Crippen LogP contribution is -2.39. The Morgan fingerprint density at radius 2 is 2.20 bits per heavy atom. The summed E-state index contributed by atoms with van der Waals surface area (Å²) in [6, 6.07) is 0.0943. The molecule has 0 radical (unpaired) electrons. The van der Waals surface area contributed by atoms with Crippen LogP contribution in [0.15, 0.2) is 0 Å². The smallest absolute Gasteiger partial charge is 0.239 e. The number of amides is 1. The average Bonchev–Trinajstić information content (AvgIpc) is 2.62. The fourth-order valence-corrected chi connectivity index (χ4v) is 2.51. The Morgan fingerprint density at radius 1 is 1.53 bits per heavy atom. The molecule has 2 fully saturated rings. The third-order valence-electron chi connectivity index (χ3n) is 3.91. The van der Waals surface area contributed by atoms with Crippen LogP contribution in [-0.2, 0) is 4.79 Å². The third-order valence-corrected chi connectivity index (χ3v) is 3.91. The van der Waals surface area contributed by atoms with E-state index in [0.717, 1.165) is 32.0 Å². The first kappa shape index (κ1) is 10.9. The van der Waals surface area contributed by atoms with Crippen molar-refractivity contribution in [2.75, 3.05) is 19.6 Å². The number of hydrogen-bond acceptors (Lipinski definition) is 2. The molecule has 3 heteroatoms. The fraction of sp³-hybridized carbons (Fsp3) is 0.917. The summed E-state index contributed by atoms with van der Waals surface area (Å²) in [5.41, 5.74) is 0.483. The van der Waals surface area contributed by atoms with Crippen LogP contribution in [0.5, 0.6) is 0 Å². The normalized spacial score (nSPS) is 33.5. The fourth-order valence-electron chi connectivity index (χ4n) is 2.51. The highest BCUT2D eigenvalue weighted by Crippen LogP contribution is 2.52. The number of carbonyl (C=O) groups excluding carboxylic acids is 1. The highest BCUT2D eigenvalue weighted by molar-refractivity contribution is 5.84. The zero-order valence-corrected chi connectivity index (χ0v) is 10.0. The highest BCUT2D eigenvalue weighted by Gasteiger charge is 2.47. The minimum absolute atomic E-state index is 0.0943. The Balaban J connectivity index is 1.83. The Kier molecular flexibility index (Phi) is 2.75. The Labute approximate surface area is 92.2 Å². The first-order valence-electron chi connectivity index (χ1n) is 6.07. The van der Waals surface area contributed by atoms with Crippen molar-refractivity contribution in [2.24, 2.45) is 11.3 Å². The number of carbonyl (C=O) groups is 1. The lowest BCUT2D eigenvalue weighted by Gasteiger charge is -2.17. The lowest BCUT2D eigenvalue weighted by molar-refractivity contribution is -0.129. The number of rotatable bonds is 4. The van der Waals surface area contributed by atoms with Crippen LogP contribution in [0.25, 0.3) is 0 Å². The summed E-state index contributed by atoms with van der Waals surface area (Å²) in [5, 5.41) is 3.25. The topological polar surface area (TPSA) is 32.3 Å². The van der Waals surface area contributed by atoms with Crippen LogP contribution in [0.3, 0.4) is 0 Å². The molecule has 86 valence electrons. The molecular formula is C12H22N2O. The standard InChI is InChI=1S/C12H22N2O/c1-4-13-10-5-6-14(11(10)15)8-9-7-12(9,2)3/h9-10,13H,4-8H2,1-3H3. The monoisotopic (exact) mass is 210 g/mol. The molecule has 2 unspecified atom stereocenters. The maximum atomic E-state index is 11.9. The molecule has 1 amide bonds. The second-order valence-corrected chi connectivity index (χ2v) is 5.57. The number of likely N-dealkylation sites (N-methyl/N-ethyl adjacent to an activating group) is 1. The van der Waals surface area contributed by atoms with Gasteiger partial charge in [-0.25, -0.2) is 0 Å². The number of hydrogen-bond donors (Lipinski definition) is 1. The van der Waals surface area contributed by atoms with Crippen LogP contribution in [0.1, 0.15) is 33.6 Å². The van der Waals surface area contributed by atoms with Crippen LogP contribution in [0, 0.1) is 11.3 Å². The maximum Gasteiger partial charge on any atom is 0.239 e. The van der Waals surface area contributed by atoms with Gasteiger partial charge in [0.05, 0.1) is 6.04 Å². The predicted octanol–water partition coefficient (Wildman–Crippen LogP) is 1.24. The largest absolute Gasteiger partial charge is 0.341 e. The van der Waals surface area contributed by atoms with E-state index in [1.165, 1.54) is 6.42 Å². The van der Waals surface area contributed by atoms with Crippen LogP contribution < -0.4 is 5.32 Å². The van der Waals surface area contributed by atoms with Gasteiger partial charge in [-0.05, 0) is 30.7 Å². The minimum Gasteiger partial charge on any atom is -0.341 e. The van der Waals surface area contributed by atoms with Crippen molar-refractivity contribution >= 4 is 5.91 Å². The average molecular weight is 210 g/mol. The Hall–Kier alpha value is -0.570. The number of likely N-dealkylation sites (tertiary alicyclic amines) is 1. The second-order valence-electron chi connectivity index (χ2n) is 5.57. The first-order valence-corrected chi connectivity index (χ1v) is 6.07. The van der Waals surface area contributed by atoms with Gasteiger partial charge < -0.3 is 10.2 Å². The molecule has 1 N–H and O–H groups in total. The van der Waals surface area contributed by atoms with E-state index in [2.05, 4.69) is 26.1 Å². The molecule has 2 aliphatic rings. The summed E-state index contributed by atoms with van der Waals surface area (Å²) >= 11 is 0. The first-order chi connectivity index (χ1) is 7.04. The molecule has 3 nitrogen and oxygen atoms in total. The molecule has 0 spiro atoms. The summed E-state index contributed by atoms with van der Waals surface area (Å²) in [4.78, 5) is 14.0. The van der Waals surface area contributed by atoms with Gasteiger partial charge in [-0.1, -0.05) is 20.8 Å². The van der Waals surface area contributed by atoms with Crippen LogP contribution in [0.4, 0.5) is 0 Å². The third kappa shape index (κ3) is 2.17. The van der Waals surface area contributed by atoms with Gasteiger partial charge in [0.2, 0.25) is 5.91 Å². The molecule has 1 aliphatic carbocycles. The molecule has 0 aromatic carbocycles. The van der Waals surface area contributed by atoms with Crippen molar-refractivity contribution in [2.45, 2.75) is 39.7 Å². The summed E-state index contributed by atoms with van der Waals surface area (Å²) in [6.07, 6.45) is 2.27. The van der Waals surface area contributed by atoms with E-state index in [9.17, 15) is 4.79 Å². The van der Waals surface area contributed by atoms with Gasteiger partial charge in [-0.2, -0.15) is 0 Å². The van der Waals surface area contributed by atoms with Gasteiger partial charge in [0, 0.05) is 13.1 Å². The van der Waals surface area contributed by atoms with Crippen molar-refractivity contribution in [3.63, 3.8) is 0 Å². The summed E-state index contributed by atoms with van der Waals surface area (Å²) in [7, 11) is 0. The lowest BCUT2D eigenvalue weighted by atomic mass is 10.1. The molecule has 0 bridgehead atoms. The molecule has 1 saturated heterocycles. The van der Waals surface area contributed by atoms with Gasteiger partial charge in [0.1, 0.15) is 0 Å². The summed E-state index contributed by atoms with van der Waals surface area (Å²) < 4.78 is 0. The van der Waals surface area contributed by atoms with Crippen molar-refractivity contribution in [1.29, 1.82) is 0 Å². The van der Waals surface area contributed by atoms with Gasteiger partial charge in [-0.15, -0.1) is 0 Å². The highest BCUT2D eigenvalue weighted by atomic mass is 16.2. The van der Waals surface area contributed by atoms with Gasteiger partial charge in [-0.3, -0.25) is 4.79 Å². The SMILES string of the molecule is CCNC1CCN(CC2CC2(C)C)C1=O. The van der Waals surface area contributed by atoms with Crippen LogP contribution in [0.2, 0.25) is 0 Å². The Bertz CT molecular complexity index is 262. The second kappa shape index (κ2) is 3.78. The minimum atomic E-state index is 0.0943.